The summed E-state index contributed by atoms with van der Waals surface area (Å²) in [6, 6.07) is 14.4. The molecule has 154 valence electrons. The van der Waals surface area contributed by atoms with Gasteiger partial charge in [-0.05, 0) is 73.4 Å². The van der Waals surface area contributed by atoms with Crippen LogP contribution in [0.2, 0.25) is 0 Å². The van der Waals surface area contributed by atoms with Crippen LogP contribution in [0, 0.1) is 6.92 Å². The quantitative estimate of drug-likeness (QED) is 0.778. The summed E-state index contributed by atoms with van der Waals surface area (Å²) in [5.41, 5.74) is 4.43. The molecule has 1 heterocycles. The third-order valence-corrected chi connectivity index (χ3v) is 6.06. The van der Waals surface area contributed by atoms with Gasteiger partial charge in [0.2, 0.25) is 0 Å². The summed E-state index contributed by atoms with van der Waals surface area (Å²) in [6.07, 6.45) is 3.88. The first-order valence-electron chi connectivity index (χ1n) is 10.5. The highest BCUT2D eigenvalue weighted by Gasteiger charge is 2.35. The topological polar surface area (TPSA) is 58.9 Å². The van der Waals surface area contributed by atoms with Crippen LogP contribution in [0.5, 0.6) is 5.75 Å². The summed E-state index contributed by atoms with van der Waals surface area (Å²) in [5, 5.41) is 20.4. The summed E-state index contributed by atoms with van der Waals surface area (Å²) >= 11 is 0. The minimum Gasteiger partial charge on any atom is -0.490 e. The Kier molecular flexibility index (Phi) is 5.93. The molecule has 0 unspecified atom stereocenters. The molecule has 1 aliphatic heterocycles. The normalized spacial score (nSPS) is 25.1. The van der Waals surface area contributed by atoms with E-state index in [0.29, 0.717) is 11.9 Å². The second-order valence-electron chi connectivity index (χ2n) is 8.37. The number of hydrogen-bond acceptors (Lipinski definition) is 4. The van der Waals surface area contributed by atoms with Crippen LogP contribution in [-0.2, 0) is 11.2 Å². The van der Waals surface area contributed by atoms with Gasteiger partial charge in [0.25, 0.3) is 0 Å². The fraction of sp³-hybridized carbons (Fsp3) is 0.440. The van der Waals surface area contributed by atoms with Gasteiger partial charge >= 0.3 is 0 Å². The summed E-state index contributed by atoms with van der Waals surface area (Å²) in [5.74, 6) is 1.45. The summed E-state index contributed by atoms with van der Waals surface area (Å²) in [4.78, 5) is 0. The molecule has 4 nitrogen and oxygen atoms in total. The smallest absolute Gasteiger partial charge is 0.152 e. The predicted octanol–water partition coefficient (Wildman–Crippen LogP) is 4.60. The van der Waals surface area contributed by atoms with Crippen molar-refractivity contribution < 1.29 is 19.7 Å². The molecular weight excluding hydrogens is 364 g/mol. The Morgan fingerprint density at radius 1 is 1.07 bits per heavy atom. The highest BCUT2D eigenvalue weighted by Crippen LogP contribution is 2.34. The van der Waals surface area contributed by atoms with Gasteiger partial charge < -0.3 is 19.7 Å². The first kappa shape index (κ1) is 20.0. The first-order chi connectivity index (χ1) is 14.0. The molecule has 29 heavy (non-hydrogen) atoms. The first-order valence-corrected chi connectivity index (χ1v) is 10.5. The molecule has 2 aromatic rings. The molecule has 2 N–H and O–H groups in total. The molecule has 4 rings (SSSR count). The lowest BCUT2D eigenvalue weighted by Gasteiger charge is -2.34. The number of rotatable bonds is 5. The second-order valence-corrected chi connectivity index (χ2v) is 8.37. The molecule has 1 saturated heterocycles. The van der Waals surface area contributed by atoms with Gasteiger partial charge in [0.1, 0.15) is 11.9 Å². The van der Waals surface area contributed by atoms with Crippen LogP contribution in [0.3, 0.4) is 0 Å². The standard InChI is InChI=1S/C25H30O4/c1-16-7-10-19(25-24(27)23(26)13-17(2)28-25)15-20(16)14-18-8-11-22(12-9-18)29-21-5-3-4-6-21/h7-12,15,21,23-27H,2-6,13-14H2,1H3/t23-,24+,25-/m0/s1. The summed E-state index contributed by atoms with van der Waals surface area (Å²) in [6.45, 7) is 5.91. The lowest BCUT2D eigenvalue weighted by atomic mass is 9.91. The maximum atomic E-state index is 10.4. The molecule has 4 heteroatoms. The van der Waals surface area contributed by atoms with E-state index in [1.807, 2.05) is 12.1 Å². The minimum absolute atomic E-state index is 0.270. The van der Waals surface area contributed by atoms with E-state index in [0.717, 1.165) is 30.6 Å². The zero-order valence-corrected chi connectivity index (χ0v) is 17.0. The van der Waals surface area contributed by atoms with Gasteiger partial charge in [-0.1, -0.05) is 36.9 Å². The summed E-state index contributed by atoms with van der Waals surface area (Å²) < 4.78 is 11.8. The molecule has 0 radical (unpaired) electrons. The molecule has 0 bridgehead atoms. The van der Waals surface area contributed by atoms with Gasteiger partial charge in [-0.2, -0.15) is 0 Å². The molecule has 2 aliphatic rings. The zero-order chi connectivity index (χ0) is 20.4. The van der Waals surface area contributed by atoms with Crippen molar-refractivity contribution in [3.8, 4) is 5.75 Å². The van der Waals surface area contributed by atoms with E-state index in [9.17, 15) is 10.2 Å². The van der Waals surface area contributed by atoms with Crippen molar-refractivity contribution in [2.75, 3.05) is 0 Å². The second kappa shape index (κ2) is 8.60. The highest BCUT2D eigenvalue weighted by molar-refractivity contribution is 5.38. The van der Waals surface area contributed by atoms with Crippen LogP contribution in [0.1, 0.15) is 60.5 Å². The average Bonchev–Trinajstić information content (AvgIpc) is 3.21. The largest absolute Gasteiger partial charge is 0.490 e. The van der Waals surface area contributed by atoms with E-state index in [-0.39, 0.29) is 6.42 Å². The van der Waals surface area contributed by atoms with E-state index in [1.165, 1.54) is 29.5 Å². The van der Waals surface area contributed by atoms with Gasteiger partial charge in [-0.3, -0.25) is 0 Å². The van der Waals surface area contributed by atoms with Gasteiger partial charge in [0.15, 0.2) is 6.10 Å². The third-order valence-electron chi connectivity index (χ3n) is 6.06. The highest BCUT2D eigenvalue weighted by atomic mass is 16.5. The fourth-order valence-corrected chi connectivity index (χ4v) is 4.28. The van der Waals surface area contributed by atoms with E-state index < -0.39 is 18.3 Å². The van der Waals surface area contributed by atoms with Crippen molar-refractivity contribution in [2.24, 2.45) is 0 Å². The molecule has 2 fully saturated rings. The Balaban J connectivity index is 1.48. The molecule has 2 aromatic carbocycles. The molecule has 0 amide bonds. The third kappa shape index (κ3) is 4.65. The van der Waals surface area contributed by atoms with Crippen molar-refractivity contribution in [1.29, 1.82) is 0 Å². The molecular formula is C25H30O4. The van der Waals surface area contributed by atoms with Crippen LogP contribution >= 0.6 is 0 Å². The van der Waals surface area contributed by atoms with E-state index in [1.54, 1.807) is 0 Å². The average molecular weight is 395 g/mol. The number of ether oxygens (including phenoxy) is 2. The van der Waals surface area contributed by atoms with Crippen LogP contribution in [0.25, 0.3) is 0 Å². The Labute approximate surface area is 172 Å². The number of aliphatic hydroxyl groups excluding tert-OH is 2. The Morgan fingerprint density at radius 2 is 1.79 bits per heavy atom. The van der Waals surface area contributed by atoms with Crippen LogP contribution in [-0.4, -0.2) is 28.5 Å². The monoisotopic (exact) mass is 394 g/mol. The summed E-state index contributed by atoms with van der Waals surface area (Å²) in [7, 11) is 0. The number of aliphatic hydroxyl groups is 2. The minimum atomic E-state index is -0.955. The molecule has 1 saturated carbocycles. The molecule has 0 aromatic heterocycles. The van der Waals surface area contributed by atoms with Crippen molar-refractivity contribution in [2.45, 2.75) is 69.9 Å². The lowest BCUT2D eigenvalue weighted by Crippen LogP contribution is -2.38. The van der Waals surface area contributed by atoms with E-state index >= 15 is 0 Å². The molecule has 3 atom stereocenters. The van der Waals surface area contributed by atoms with Gasteiger partial charge in [-0.25, -0.2) is 0 Å². The lowest BCUT2D eigenvalue weighted by molar-refractivity contribution is -0.108. The molecule has 0 spiro atoms. The van der Waals surface area contributed by atoms with Crippen LogP contribution < -0.4 is 4.74 Å². The van der Waals surface area contributed by atoms with E-state index in [2.05, 4.69) is 43.8 Å². The van der Waals surface area contributed by atoms with Crippen molar-refractivity contribution >= 4 is 0 Å². The maximum Gasteiger partial charge on any atom is 0.152 e. The Hall–Kier alpha value is -2.30. The van der Waals surface area contributed by atoms with E-state index in [4.69, 9.17) is 9.47 Å². The van der Waals surface area contributed by atoms with Crippen molar-refractivity contribution in [3.63, 3.8) is 0 Å². The zero-order valence-electron chi connectivity index (χ0n) is 17.0. The number of hydrogen-bond donors (Lipinski definition) is 2. The predicted molar refractivity (Wildman–Crippen MR) is 113 cm³/mol. The Bertz CT molecular complexity index is 852. The number of benzene rings is 2. The number of aryl methyl sites for hydroxylation is 1. The van der Waals surface area contributed by atoms with Crippen molar-refractivity contribution in [1.82, 2.24) is 0 Å². The van der Waals surface area contributed by atoms with Gasteiger partial charge in [-0.15, -0.1) is 0 Å². The Morgan fingerprint density at radius 3 is 2.52 bits per heavy atom. The van der Waals surface area contributed by atoms with Crippen molar-refractivity contribution in [3.05, 3.63) is 77.1 Å². The molecule has 1 aliphatic carbocycles. The van der Waals surface area contributed by atoms with Crippen LogP contribution in [0.15, 0.2) is 54.8 Å². The van der Waals surface area contributed by atoms with Gasteiger partial charge in [0.05, 0.1) is 18.0 Å². The maximum absolute atomic E-state index is 10.4. The van der Waals surface area contributed by atoms with Gasteiger partial charge in [0, 0.05) is 6.42 Å². The fourth-order valence-electron chi connectivity index (χ4n) is 4.28. The van der Waals surface area contributed by atoms with Crippen LogP contribution in [0.4, 0.5) is 0 Å². The SMILES string of the molecule is C=C1C[C@H](O)[C@@H](O)[C@H](c2ccc(C)c(Cc3ccc(OC4CCCC4)cc3)c2)O1.